The lowest BCUT2D eigenvalue weighted by Crippen LogP contribution is -2.52. The number of carbonyl (C=O) groups excluding carboxylic acids is 2. The van der Waals surface area contributed by atoms with Crippen LogP contribution in [0.2, 0.25) is 5.02 Å². The van der Waals surface area contributed by atoms with Gasteiger partial charge in [-0.25, -0.2) is 0 Å². The number of benzene rings is 2. The Morgan fingerprint density at radius 3 is 2.42 bits per heavy atom. The molecule has 0 unspecified atom stereocenters. The average molecular weight is 445 g/mol. The third-order valence-corrected chi connectivity index (χ3v) is 5.79. The Bertz CT molecular complexity index is 857. The summed E-state index contributed by atoms with van der Waals surface area (Å²) in [5.74, 6) is 0.241. The van der Waals surface area contributed by atoms with Gasteiger partial charge in [0.1, 0.15) is 11.8 Å². The third kappa shape index (κ3) is 7.59. The van der Waals surface area contributed by atoms with Crippen LogP contribution in [-0.4, -0.2) is 41.9 Å². The summed E-state index contributed by atoms with van der Waals surface area (Å²) in [4.78, 5) is 27.7. The first-order chi connectivity index (χ1) is 14.8. The highest BCUT2D eigenvalue weighted by atomic mass is 35.5. The van der Waals surface area contributed by atoms with Gasteiger partial charge in [0.25, 0.3) is 5.91 Å². The van der Waals surface area contributed by atoms with Crippen LogP contribution in [0, 0.1) is 6.92 Å². The number of nitrogens with zero attached hydrogens (tertiary/aromatic N) is 1. The molecule has 2 aromatic rings. The molecule has 0 saturated carbocycles. The molecule has 2 rings (SSSR count). The number of halogens is 1. The highest BCUT2D eigenvalue weighted by Crippen LogP contribution is 2.21. The molecule has 0 heterocycles. The number of ether oxygens (including phenoxy) is 1. The Balaban J connectivity index is 2.14. The molecule has 0 aliphatic carbocycles. The van der Waals surface area contributed by atoms with Gasteiger partial charge in [-0.15, -0.1) is 0 Å². The van der Waals surface area contributed by atoms with Gasteiger partial charge in [-0.3, -0.25) is 9.59 Å². The van der Waals surface area contributed by atoms with Gasteiger partial charge in [0.05, 0.1) is 0 Å². The highest BCUT2D eigenvalue weighted by Gasteiger charge is 2.29. The number of aryl methyl sites for hydroxylation is 1. The maximum absolute atomic E-state index is 13.1. The van der Waals surface area contributed by atoms with Crippen LogP contribution >= 0.6 is 11.6 Å². The summed E-state index contributed by atoms with van der Waals surface area (Å²) in [7, 11) is 0. The second-order valence-corrected chi connectivity index (χ2v) is 8.17. The summed E-state index contributed by atoms with van der Waals surface area (Å²) in [6, 6.07) is 14.8. The molecule has 2 amide bonds. The lowest BCUT2D eigenvalue weighted by Gasteiger charge is -2.31. The Morgan fingerprint density at radius 1 is 1.10 bits per heavy atom. The molecule has 6 heteroatoms. The molecule has 0 radical (unpaired) electrons. The maximum atomic E-state index is 13.1. The zero-order valence-electron chi connectivity index (χ0n) is 18.9. The predicted octanol–water partition coefficient (Wildman–Crippen LogP) is 4.79. The molecule has 0 aliphatic rings. The highest BCUT2D eigenvalue weighted by molar-refractivity contribution is 6.31. The smallest absolute Gasteiger partial charge is 0.261 e. The monoisotopic (exact) mass is 444 g/mol. The molecule has 31 heavy (non-hydrogen) atoms. The zero-order valence-corrected chi connectivity index (χ0v) is 19.6. The quantitative estimate of drug-likeness (QED) is 0.542. The van der Waals surface area contributed by atoms with Crippen molar-refractivity contribution in [3.05, 3.63) is 64.7 Å². The Labute approximate surface area is 190 Å². The van der Waals surface area contributed by atoms with Crippen LogP contribution in [0.4, 0.5) is 0 Å². The van der Waals surface area contributed by atoms with Crippen molar-refractivity contribution in [3.8, 4) is 5.75 Å². The van der Waals surface area contributed by atoms with Gasteiger partial charge in [0, 0.05) is 17.6 Å². The Kier molecular flexibility index (Phi) is 9.86. The first-order valence-electron chi connectivity index (χ1n) is 10.9. The number of carbonyl (C=O) groups is 2. The van der Waals surface area contributed by atoms with Crippen LogP contribution in [0.5, 0.6) is 5.75 Å². The minimum Gasteiger partial charge on any atom is -0.484 e. The summed E-state index contributed by atoms with van der Waals surface area (Å²) in [6.07, 6.45) is 2.03. The van der Waals surface area contributed by atoms with Crippen LogP contribution in [0.15, 0.2) is 48.5 Å². The minimum atomic E-state index is -0.541. The summed E-state index contributed by atoms with van der Waals surface area (Å²) < 4.78 is 5.73. The first kappa shape index (κ1) is 24.7. The van der Waals surface area contributed by atoms with Gasteiger partial charge < -0.3 is 15.0 Å². The molecular weight excluding hydrogens is 412 g/mol. The lowest BCUT2D eigenvalue weighted by atomic mass is 10.1. The van der Waals surface area contributed by atoms with E-state index in [9.17, 15) is 9.59 Å². The molecule has 0 bridgehead atoms. The first-order valence-corrected chi connectivity index (χ1v) is 11.3. The maximum Gasteiger partial charge on any atom is 0.261 e. The summed E-state index contributed by atoms with van der Waals surface area (Å²) >= 11 is 6.07. The van der Waals surface area contributed by atoms with E-state index in [4.69, 9.17) is 16.3 Å². The molecule has 2 aromatic carbocycles. The molecule has 0 aliphatic heterocycles. The fourth-order valence-electron chi connectivity index (χ4n) is 3.27. The number of nitrogens with one attached hydrogen (secondary N) is 1. The van der Waals surface area contributed by atoms with E-state index in [1.807, 2.05) is 58.0 Å². The van der Waals surface area contributed by atoms with E-state index < -0.39 is 6.04 Å². The van der Waals surface area contributed by atoms with Crippen LogP contribution < -0.4 is 10.1 Å². The molecular formula is C25H33ClN2O3. The molecule has 0 spiro atoms. The van der Waals surface area contributed by atoms with Crippen molar-refractivity contribution < 1.29 is 14.3 Å². The van der Waals surface area contributed by atoms with Gasteiger partial charge in [0.15, 0.2) is 6.61 Å². The normalized spacial score (nSPS) is 12.7. The summed E-state index contributed by atoms with van der Waals surface area (Å²) in [5, 5.41) is 3.66. The van der Waals surface area contributed by atoms with Gasteiger partial charge in [-0.05, 0) is 62.4 Å². The van der Waals surface area contributed by atoms with Crippen molar-refractivity contribution in [2.45, 2.75) is 59.0 Å². The number of hydrogen-bond donors (Lipinski definition) is 1. The third-order valence-electron chi connectivity index (χ3n) is 5.36. The second-order valence-electron chi connectivity index (χ2n) is 7.76. The van der Waals surface area contributed by atoms with Gasteiger partial charge >= 0.3 is 0 Å². The van der Waals surface area contributed by atoms with Crippen molar-refractivity contribution in [2.24, 2.45) is 0 Å². The largest absolute Gasteiger partial charge is 0.484 e. The number of hydrogen-bond acceptors (Lipinski definition) is 3. The fraction of sp³-hybridized carbons (Fsp3) is 0.440. The molecule has 2 atom stereocenters. The second kappa shape index (κ2) is 12.4. The van der Waals surface area contributed by atoms with Gasteiger partial charge in [-0.2, -0.15) is 0 Å². The molecule has 0 aromatic heterocycles. The summed E-state index contributed by atoms with van der Waals surface area (Å²) in [6.45, 7) is 8.10. The Morgan fingerprint density at radius 2 is 1.81 bits per heavy atom. The molecule has 0 saturated heterocycles. The predicted molar refractivity (Wildman–Crippen MR) is 126 cm³/mol. The van der Waals surface area contributed by atoms with Crippen LogP contribution in [0.3, 0.4) is 0 Å². The SMILES string of the molecule is CC[C@@H](C)NC(=O)[C@@H](CC)N(CCc1ccccc1)C(=O)COc1ccc(Cl)c(C)c1. The standard InChI is InChI=1S/C25H33ClN2O3/c1-5-19(4)27-25(30)23(6-2)28(15-14-20-10-8-7-9-11-20)24(29)17-31-21-12-13-22(26)18(3)16-21/h7-13,16,19,23H,5-6,14-15,17H2,1-4H3,(H,27,30)/t19-,23-/m1/s1. The Hall–Kier alpha value is -2.53. The average Bonchev–Trinajstić information content (AvgIpc) is 2.77. The van der Waals surface area contributed by atoms with E-state index in [0.29, 0.717) is 30.2 Å². The van der Waals surface area contributed by atoms with Crippen molar-refractivity contribution in [1.29, 1.82) is 0 Å². The van der Waals surface area contributed by atoms with E-state index in [0.717, 1.165) is 17.5 Å². The van der Waals surface area contributed by atoms with Gasteiger partial charge in [0.2, 0.25) is 5.91 Å². The van der Waals surface area contributed by atoms with Crippen molar-refractivity contribution >= 4 is 23.4 Å². The molecule has 0 fully saturated rings. The molecule has 1 N–H and O–H groups in total. The number of amides is 2. The van der Waals surface area contributed by atoms with E-state index >= 15 is 0 Å². The molecule has 168 valence electrons. The van der Waals surface area contributed by atoms with Crippen LogP contribution in [-0.2, 0) is 16.0 Å². The van der Waals surface area contributed by atoms with Crippen molar-refractivity contribution in [1.82, 2.24) is 10.2 Å². The van der Waals surface area contributed by atoms with E-state index in [1.165, 1.54) is 0 Å². The molecule has 5 nitrogen and oxygen atoms in total. The lowest BCUT2D eigenvalue weighted by molar-refractivity contribution is -0.142. The summed E-state index contributed by atoms with van der Waals surface area (Å²) in [5.41, 5.74) is 2.00. The van der Waals surface area contributed by atoms with Crippen molar-refractivity contribution in [3.63, 3.8) is 0 Å². The van der Waals surface area contributed by atoms with E-state index in [2.05, 4.69) is 5.32 Å². The van der Waals surface area contributed by atoms with Crippen LogP contribution in [0.1, 0.15) is 44.7 Å². The van der Waals surface area contributed by atoms with Gasteiger partial charge in [-0.1, -0.05) is 55.8 Å². The topological polar surface area (TPSA) is 58.6 Å². The fourth-order valence-corrected chi connectivity index (χ4v) is 3.39. The zero-order chi connectivity index (χ0) is 22.8. The van der Waals surface area contributed by atoms with Crippen molar-refractivity contribution in [2.75, 3.05) is 13.2 Å². The van der Waals surface area contributed by atoms with Crippen LogP contribution in [0.25, 0.3) is 0 Å². The van der Waals surface area contributed by atoms with E-state index in [1.54, 1.807) is 23.1 Å². The minimum absolute atomic E-state index is 0.0564. The van der Waals surface area contributed by atoms with E-state index in [-0.39, 0.29) is 24.5 Å². The number of rotatable bonds is 11.